The number of nitrogens with zero attached hydrogens (tertiary/aromatic N) is 1. The minimum absolute atomic E-state index is 0.0564. The first-order valence-electron chi connectivity index (χ1n) is 3.15. The second-order valence-electron chi connectivity index (χ2n) is 2.12. The highest BCUT2D eigenvalue weighted by Gasteiger charge is 2.07. The maximum absolute atomic E-state index is 12.9. The lowest BCUT2D eigenvalue weighted by molar-refractivity contribution is 0.409. The Morgan fingerprint density at radius 3 is 2.67 bits per heavy atom. The third-order valence-corrected chi connectivity index (χ3v) is 1.74. The molecule has 0 N–H and O–H groups in total. The van der Waals surface area contributed by atoms with Crippen LogP contribution in [0.25, 0.3) is 0 Å². The number of ether oxygens (including phenoxy) is 1. The summed E-state index contributed by atoms with van der Waals surface area (Å²) in [6, 6.07) is 4.35. The van der Waals surface area contributed by atoms with Gasteiger partial charge in [0, 0.05) is 11.0 Å². The van der Waals surface area contributed by atoms with Crippen molar-refractivity contribution in [3.63, 3.8) is 0 Å². The van der Waals surface area contributed by atoms with Crippen LogP contribution in [-0.4, -0.2) is 7.11 Å². The van der Waals surface area contributed by atoms with Gasteiger partial charge in [-0.2, -0.15) is 5.26 Å². The van der Waals surface area contributed by atoms with Gasteiger partial charge in [-0.15, -0.1) is 12.6 Å². The maximum Gasteiger partial charge on any atom is 0.145 e. The highest BCUT2D eigenvalue weighted by molar-refractivity contribution is 7.80. The van der Waals surface area contributed by atoms with Gasteiger partial charge in [0.15, 0.2) is 0 Å². The Morgan fingerprint density at radius 2 is 2.25 bits per heavy atom. The Hall–Kier alpha value is -1.21. The monoisotopic (exact) mass is 183 g/mol. The molecule has 0 saturated heterocycles. The molecule has 1 rings (SSSR count). The second-order valence-corrected chi connectivity index (χ2v) is 2.60. The van der Waals surface area contributed by atoms with Gasteiger partial charge in [-0.3, -0.25) is 0 Å². The van der Waals surface area contributed by atoms with E-state index in [0.717, 1.165) is 6.07 Å². The molecule has 0 unspecified atom stereocenters. The summed E-state index contributed by atoms with van der Waals surface area (Å²) in [6.45, 7) is 0. The van der Waals surface area contributed by atoms with E-state index < -0.39 is 5.82 Å². The Bertz CT molecular complexity index is 322. The van der Waals surface area contributed by atoms with Crippen LogP contribution in [0, 0.1) is 17.1 Å². The van der Waals surface area contributed by atoms with Gasteiger partial charge in [0.1, 0.15) is 23.2 Å². The third kappa shape index (κ3) is 1.51. The SMILES string of the molecule is COc1cc(F)c(C#N)c(S)c1. The summed E-state index contributed by atoms with van der Waals surface area (Å²) in [5.74, 6) is -0.252. The number of methoxy groups -OCH3 is 1. The van der Waals surface area contributed by atoms with E-state index in [-0.39, 0.29) is 10.5 Å². The lowest BCUT2D eigenvalue weighted by atomic mass is 10.2. The summed E-state index contributed by atoms with van der Waals surface area (Å²) in [4.78, 5) is 0.286. The minimum atomic E-state index is -0.609. The zero-order valence-electron chi connectivity index (χ0n) is 6.34. The molecule has 0 amide bonds. The molecule has 2 nitrogen and oxygen atoms in total. The van der Waals surface area contributed by atoms with E-state index >= 15 is 0 Å². The summed E-state index contributed by atoms with van der Waals surface area (Å²) >= 11 is 3.93. The van der Waals surface area contributed by atoms with E-state index in [1.165, 1.54) is 13.2 Å². The van der Waals surface area contributed by atoms with Crippen LogP contribution in [0.2, 0.25) is 0 Å². The lowest BCUT2D eigenvalue weighted by Crippen LogP contribution is -1.89. The zero-order chi connectivity index (χ0) is 9.14. The molecule has 1 aromatic rings. The molecule has 12 heavy (non-hydrogen) atoms. The fraction of sp³-hybridized carbons (Fsp3) is 0.125. The van der Waals surface area contributed by atoms with Crippen LogP contribution in [0.5, 0.6) is 5.75 Å². The van der Waals surface area contributed by atoms with Crippen LogP contribution in [0.1, 0.15) is 5.56 Å². The first kappa shape index (κ1) is 8.88. The van der Waals surface area contributed by atoms with Crippen LogP contribution in [0.4, 0.5) is 4.39 Å². The van der Waals surface area contributed by atoms with E-state index in [1.807, 2.05) is 0 Å². The Kier molecular flexibility index (Phi) is 2.56. The van der Waals surface area contributed by atoms with Crippen molar-refractivity contribution >= 4 is 12.6 Å². The number of nitriles is 1. The molecule has 1 aromatic carbocycles. The maximum atomic E-state index is 12.9. The second kappa shape index (κ2) is 3.46. The van der Waals surface area contributed by atoms with Crippen molar-refractivity contribution in [1.82, 2.24) is 0 Å². The van der Waals surface area contributed by atoms with E-state index in [2.05, 4.69) is 12.6 Å². The molecule has 0 aromatic heterocycles. The summed E-state index contributed by atoms with van der Waals surface area (Å²) in [5.41, 5.74) is -0.0564. The van der Waals surface area contributed by atoms with Gasteiger partial charge in [0.2, 0.25) is 0 Å². The van der Waals surface area contributed by atoms with Crippen LogP contribution < -0.4 is 4.74 Å². The molecule has 0 aliphatic rings. The summed E-state index contributed by atoms with van der Waals surface area (Å²) in [5, 5.41) is 8.48. The fourth-order valence-electron chi connectivity index (χ4n) is 0.797. The normalized spacial score (nSPS) is 9.17. The molecule has 0 spiro atoms. The number of halogens is 1. The van der Waals surface area contributed by atoms with Gasteiger partial charge in [-0.25, -0.2) is 4.39 Å². The van der Waals surface area contributed by atoms with Crippen molar-refractivity contribution in [2.45, 2.75) is 4.90 Å². The van der Waals surface area contributed by atoms with Crippen molar-refractivity contribution in [3.8, 4) is 11.8 Å². The van der Waals surface area contributed by atoms with Crippen molar-refractivity contribution in [2.75, 3.05) is 7.11 Å². The molecule has 0 heterocycles. The number of hydrogen-bond acceptors (Lipinski definition) is 3. The van der Waals surface area contributed by atoms with Gasteiger partial charge in [0.25, 0.3) is 0 Å². The van der Waals surface area contributed by atoms with Crippen LogP contribution in [0.15, 0.2) is 17.0 Å². The molecule has 0 fully saturated rings. The van der Waals surface area contributed by atoms with Gasteiger partial charge in [-0.1, -0.05) is 0 Å². The number of rotatable bonds is 1. The average molecular weight is 183 g/mol. The molecule has 0 atom stereocenters. The van der Waals surface area contributed by atoms with Crippen molar-refractivity contribution in [2.24, 2.45) is 0 Å². The van der Waals surface area contributed by atoms with Crippen LogP contribution in [0.3, 0.4) is 0 Å². The first-order valence-corrected chi connectivity index (χ1v) is 3.60. The average Bonchev–Trinajstić information content (AvgIpc) is 2.03. The van der Waals surface area contributed by atoms with Crippen LogP contribution >= 0.6 is 12.6 Å². The Labute approximate surface area is 75.0 Å². The molecular formula is C8H6FNOS. The molecule has 0 radical (unpaired) electrons. The molecule has 62 valence electrons. The van der Waals surface area contributed by atoms with Crippen molar-refractivity contribution < 1.29 is 9.13 Å². The van der Waals surface area contributed by atoms with E-state index in [0.29, 0.717) is 5.75 Å². The first-order chi connectivity index (χ1) is 5.69. The summed E-state index contributed by atoms with van der Waals surface area (Å²) in [6.07, 6.45) is 0. The fourth-order valence-corrected chi connectivity index (χ4v) is 1.08. The predicted octanol–water partition coefficient (Wildman–Crippen LogP) is 1.99. The molecule has 0 aliphatic carbocycles. The molecule has 0 saturated carbocycles. The molecule has 0 aliphatic heterocycles. The zero-order valence-corrected chi connectivity index (χ0v) is 7.23. The minimum Gasteiger partial charge on any atom is -0.497 e. The van der Waals surface area contributed by atoms with E-state index in [4.69, 9.17) is 10.00 Å². The lowest BCUT2D eigenvalue weighted by Gasteiger charge is -2.02. The van der Waals surface area contributed by atoms with Gasteiger partial charge < -0.3 is 4.74 Å². The quantitative estimate of drug-likeness (QED) is 0.675. The summed E-state index contributed by atoms with van der Waals surface area (Å²) in [7, 11) is 1.42. The van der Waals surface area contributed by atoms with Crippen molar-refractivity contribution in [3.05, 3.63) is 23.5 Å². The predicted molar refractivity (Wildman–Crippen MR) is 44.9 cm³/mol. The number of benzene rings is 1. The standard InChI is InChI=1S/C8H6FNOS/c1-11-5-2-7(9)6(4-10)8(12)3-5/h2-3,12H,1H3. The van der Waals surface area contributed by atoms with E-state index in [9.17, 15) is 4.39 Å². The van der Waals surface area contributed by atoms with Crippen LogP contribution in [-0.2, 0) is 0 Å². The number of hydrogen-bond donors (Lipinski definition) is 1. The van der Waals surface area contributed by atoms with Gasteiger partial charge >= 0.3 is 0 Å². The largest absolute Gasteiger partial charge is 0.497 e. The van der Waals surface area contributed by atoms with Gasteiger partial charge in [0.05, 0.1) is 7.11 Å². The smallest absolute Gasteiger partial charge is 0.145 e. The number of thiol groups is 1. The Balaban J connectivity index is 3.30. The van der Waals surface area contributed by atoms with E-state index in [1.54, 1.807) is 6.07 Å². The molecular weight excluding hydrogens is 177 g/mol. The van der Waals surface area contributed by atoms with Crippen molar-refractivity contribution in [1.29, 1.82) is 5.26 Å². The van der Waals surface area contributed by atoms with Gasteiger partial charge in [-0.05, 0) is 6.07 Å². The molecule has 0 bridgehead atoms. The third-order valence-electron chi connectivity index (χ3n) is 1.39. The highest BCUT2D eigenvalue weighted by Crippen LogP contribution is 2.23. The highest BCUT2D eigenvalue weighted by atomic mass is 32.1. The Morgan fingerprint density at radius 1 is 1.58 bits per heavy atom. The topological polar surface area (TPSA) is 33.0 Å². The summed E-state index contributed by atoms with van der Waals surface area (Å²) < 4.78 is 17.7. The molecule has 4 heteroatoms.